The highest BCUT2D eigenvalue weighted by Crippen LogP contribution is 2.41. The Morgan fingerprint density at radius 3 is 2.79 bits per heavy atom. The number of thiophene rings is 1. The fraction of sp³-hybridized carbons (Fsp3) is 0.692. The third-order valence-corrected chi connectivity index (χ3v) is 4.91. The van der Waals surface area contributed by atoms with E-state index in [1.165, 1.54) is 24.2 Å². The second-order valence-electron chi connectivity index (χ2n) is 5.46. The first-order valence-corrected chi connectivity index (χ1v) is 7.79. The number of hydrogen-bond donors (Lipinski definition) is 1. The van der Waals surface area contributed by atoms with Crippen LogP contribution in [0.25, 0.3) is 0 Å². The van der Waals surface area contributed by atoms with Crippen LogP contribution in [0.3, 0.4) is 0 Å². The maximum absolute atomic E-state index is 10.8. The van der Waals surface area contributed by atoms with Crippen molar-refractivity contribution in [1.29, 1.82) is 0 Å². The van der Waals surface area contributed by atoms with Crippen molar-refractivity contribution in [3.05, 3.63) is 27.1 Å². The molecule has 1 aliphatic heterocycles. The molecule has 0 amide bonds. The van der Waals surface area contributed by atoms with E-state index < -0.39 is 0 Å². The van der Waals surface area contributed by atoms with Crippen LogP contribution in [0, 0.1) is 16.0 Å². The molecule has 1 aromatic rings. The first-order chi connectivity index (χ1) is 9.24. The maximum atomic E-state index is 10.8. The average molecular weight is 281 g/mol. The van der Waals surface area contributed by atoms with Crippen LogP contribution in [0.15, 0.2) is 11.4 Å². The second-order valence-corrected chi connectivity index (χ2v) is 6.35. The lowest BCUT2D eigenvalue weighted by Crippen LogP contribution is -2.45. The highest BCUT2D eigenvalue weighted by Gasteiger charge is 2.31. The van der Waals surface area contributed by atoms with Gasteiger partial charge >= 0.3 is 5.00 Å². The Morgan fingerprint density at radius 1 is 1.47 bits per heavy atom. The smallest absolute Gasteiger partial charge is 0.314 e. The Balaban J connectivity index is 1.77. The number of nitrogens with zero attached hydrogens (tertiary/aromatic N) is 2. The molecule has 3 rings (SSSR count). The summed E-state index contributed by atoms with van der Waals surface area (Å²) in [7, 11) is 0. The summed E-state index contributed by atoms with van der Waals surface area (Å²) in [6.45, 7) is 4.13. The second kappa shape index (κ2) is 5.56. The molecule has 0 aromatic carbocycles. The quantitative estimate of drug-likeness (QED) is 0.665. The summed E-state index contributed by atoms with van der Waals surface area (Å²) in [6, 6.07) is 2.15. The van der Waals surface area contributed by atoms with Gasteiger partial charge in [-0.2, -0.15) is 0 Å². The fourth-order valence-electron chi connectivity index (χ4n) is 2.77. The molecule has 6 heteroatoms. The van der Waals surface area contributed by atoms with Gasteiger partial charge in [-0.3, -0.25) is 15.0 Å². The van der Waals surface area contributed by atoms with E-state index in [0.717, 1.165) is 44.1 Å². The van der Waals surface area contributed by atoms with Gasteiger partial charge in [0.2, 0.25) is 0 Å². The standard InChI is InChI=1S/C13H19N3O2S/c17-16(18)13-8-11(9-19-13)12(7-10-1-2-10)15-5-3-14-4-6-15/h8-10,12,14H,1-7H2/t12-/m0/s1. The van der Waals surface area contributed by atoms with E-state index in [4.69, 9.17) is 0 Å². The van der Waals surface area contributed by atoms with Crippen molar-refractivity contribution in [3.8, 4) is 0 Å². The third-order valence-electron chi connectivity index (χ3n) is 4.02. The number of piperazine rings is 1. The lowest BCUT2D eigenvalue weighted by Gasteiger charge is -2.34. The first-order valence-electron chi connectivity index (χ1n) is 6.91. The molecule has 0 spiro atoms. The van der Waals surface area contributed by atoms with Gasteiger partial charge in [-0.15, -0.1) is 0 Å². The molecule has 0 unspecified atom stereocenters. The summed E-state index contributed by atoms with van der Waals surface area (Å²) in [5, 5.41) is 16.5. The molecule has 104 valence electrons. The predicted octanol–water partition coefficient (Wildman–Crippen LogP) is 2.40. The van der Waals surface area contributed by atoms with Crippen molar-refractivity contribution in [1.82, 2.24) is 10.2 Å². The molecular formula is C13H19N3O2S. The molecule has 0 bridgehead atoms. The van der Waals surface area contributed by atoms with Gasteiger partial charge in [0.25, 0.3) is 0 Å². The SMILES string of the molecule is O=[N+]([O-])c1cc([C@H](CC2CC2)N2CCNCC2)cs1. The lowest BCUT2D eigenvalue weighted by molar-refractivity contribution is -0.380. The largest absolute Gasteiger partial charge is 0.324 e. The molecule has 2 fully saturated rings. The van der Waals surface area contributed by atoms with Crippen LogP contribution in [-0.4, -0.2) is 36.0 Å². The van der Waals surface area contributed by atoms with E-state index >= 15 is 0 Å². The van der Waals surface area contributed by atoms with Gasteiger partial charge in [-0.25, -0.2) is 0 Å². The van der Waals surface area contributed by atoms with E-state index in [0.29, 0.717) is 6.04 Å². The predicted molar refractivity (Wildman–Crippen MR) is 75.5 cm³/mol. The summed E-state index contributed by atoms with van der Waals surface area (Å²) >= 11 is 1.26. The summed E-state index contributed by atoms with van der Waals surface area (Å²) in [5.41, 5.74) is 1.14. The van der Waals surface area contributed by atoms with Crippen molar-refractivity contribution in [2.75, 3.05) is 26.2 Å². The zero-order valence-electron chi connectivity index (χ0n) is 10.9. The van der Waals surface area contributed by atoms with Crippen molar-refractivity contribution in [2.45, 2.75) is 25.3 Å². The zero-order chi connectivity index (χ0) is 13.2. The van der Waals surface area contributed by atoms with Crippen LogP contribution in [0.1, 0.15) is 30.9 Å². The van der Waals surface area contributed by atoms with Gasteiger partial charge in [0.1, 0.15) is 0 Å². The Labute approximate surface area is 116 Å². The van der Waals surface area contributed by atoms with E-state index in [9.17, 15) is 10.1 Å². The van der Waals surface area contributed by atoms with E-state index in [1.54, 1.807) is 6.07 Å². The monoisotopic (exact) mass is 281 g/mol. The van der Waals surface area contributed by atoms with Crippen molar-refractivity contribution in [2.24, 2.45) is 5.92 Å². The van der Waals surface area contributed by atoms with Gasteiger partial charge in [0, 0.05) is 43.7 Å². The van der Waals surface area contributed by atoms with E-state index in [2.05, 4.69) is 10.2 Å². The Kier molecular flexibility index (Phi) is 3.81. The molecule has 19 heavy (non-hydrogen) atoms. The summed E-state index contributed by atoms with van der Waals surface area (Å²) < 4.78 is 0. The Hall–Kier alpha value is -0.980. The molecule has 1 aliphatic carbocycles. The number of nitrogens with one attached hydrogen (secondary N) is 1. The molecule has 0 radical (unpaired) electrons. The molecular weight excluding hydrogens is 262 g/mol. The number of rotatable bonds is 5. The molecule has 1 N–H and O–H groups in total. The van der Waals surface area contributed by atoms with E-state index in [-0.39, 0.29) is 9.92 Å². The molecule has 1 saturated heterocycles. The van der Waals surface area contributed by atoms with Gasteiger partial charge < -0.3 is 5.32 Å². The minimum Gasteiger partial charge on any atom is -0.314 e. The number of hydrogen-bond acceptors (Lipinski definition) is 5. The van der Waals surface area contributed by atoms with Crippen molar-refractivity contribution >= 4 is 16.3 Å². The maximum Gasteiger partial charge on any atom is 0.324 e. The van der Waals surface area contributed by atoms with E-state index in [1.807, 2.05) is 5.38 Å². The summed E-state index contributed by atoms with van der Waals surface area (Å²) in [5.74, 6) is 0.832. The Morgan fingerprint density at radius 2 is 2.21 bits per heavy atom. The molecule has 1 aromatic heterocycles. The minimum atomic E-state index is -0.278. The summed E-state index contributed by atoms with van der Waals surface area (Å²) in [6.07, 6.45) is 3.82. The highest BCUT2D eigenvalue weighted by atomic mass is 32.1. The third kappa shape index (κ3) is 3.13. The highest BCUT2D eigenvalue weighted by molar-refractivity contribution is 7.13. The van der Waals surface area contributed by atoms with Crippen LogP contribution in [0.5, 0.6) is 0 Å². The fourth-order valence-corrected chi connectivity index (χ4v) is 3.54. The average Bonchev–Trinajstić information content (AvgIpc) is 3.11. The van der Waals surface area contributed by atoms with Gasteiger partial charge in [0.05, 0.1) is 4.92 Å². The van der Waals surface area contributed by atoms with Crippen LogP contribution < -0.4 is 5.32 Å². The van der Waals surface area contributed by atoms with Crippen molar-refractivity contribution < 1.29 is 4.92 Å². The zero-order valence-corrected chi connectivity index (χ0v) is 11.7. The molecule has 5 nitrogen and oxygen atoms in total. The molecule has 1 saturated carbocycles. The normalized spacial score (nSPS) is 22.3. The van der Waals surface area contributed by atoms with Crippen molar-refractivity contribution in [3.63, 3.8) is 0 Å². The first kappa shape index (κ1) is 13.0. The minimum absolute atomic E-state index is 0.269. The van der Waals surface area contributed by atoms with Gasteiger partial charge in [0.15, 0.2) is 0 Å². The van der Waals surface area contributed by atoms with Gasteiger partial charge in [-0.05, 0) is 17.9 Å². The lowest BCUT2D eigenvalue weighted by atomic mass is 10.0. The van der Waals surface area contributed by atoms with Crippen LogP contribution in [0.4, 0.5) is 5.00 Å². The number of nitro groups is 1. The van der Waals surface area contributed by atoms with Crippen LogP contribution >= 0.6 is 11.3 Å². The van der Waals surface area contributed by atoms with Crippen LogP contribution in [0.2, 0.25) is 0 Å². The van der Waals surface area contributed by atoms with Gasteiger partial charge in [-0.1, -0.05) is 24.2 Å². The summed E-state index contributed by atoms with van der Waals surface area (Å²) in [4.78, 5) is 13.0. The molecule has 2 aliphatic rings. The molecule has 1 atom stereocenters. The molecule has 2 heterocycles. The topological polar surface area (TPSA) is 58.4 Å². The Bertz CT molecular complexity index is 452. The van der Waals surface area contributed by atoms with Crippen LogP contribution in [-0.2, 0) is 0 Å².